The van der Waals surface area contributed by atoms with Crippen LogP contribution in [0.1, 0.15) is 13.3 Å². The molecule has 1 saturated carbocycles. The van der Waals surface area contributed by atoms with Gasteiger partial charge in [0.15, 0.2) is 9.84 Å². The molecule has 6 heteroatoms. The number of benzene rings is 1. The second-order valence-electron chi connectivity index (χ2n) is 4.71. The summed E-state index contributed by atoms with van der Waals surface area (Å²) in [6.45, 7) is 2.65. The lowest BCUT2D eigenvalue weighted by Gasteiger charge is -2.15. The van der Waals surface area contributed by atoms with E-state index in [0.29, 0.717) is 17.9 Å². The van der Waals surface area contributed by atoms with Crippen LogP contribution >= 0.6 is 12.2 Å². The van der Waals surface area contributed by atoms with Crippen molar-refractivity contribution in [2.24, 2.45) is 11.1 Å². The van der Waals surface area contributed by atoms with E-state index in [9.17, 15) is 8.42 Å². The molecule has 0 heterocycles. The van der Waals surface area contributed by atoms with E-state index in [0.717, 1.165) is 0 Å². The molecule has 1 aliphatic carbocycles. The minimum Gasteiger partial charge on any atom is -0.393 e. The van der Waals surface area contributed by atoms with E-state index < -0.39 is 20.5 Å². The Hall–Kier alpha value is -0.980. The molecule has 19 heavy (non-hydrogen) atoms. The Morgan fingerprint density at radius 3 is 2.63 bits per heavy atom. The minimum absolute atomic E-state index is 0.227. The van der Waals surface area contributed by atoms with E-state index in [2.05, 4.69) is 0 Å². The molecule has 0 radical (unpaired) electrons. The third kappa shape index (κ3) is 2.52. The van der Waals surface area contributed by atoms with Crippen molar-refractivity contribution in [1.29, 1.82) is 0 Å². The average Bonchev–Trinajstić information content (AvgIpc) is 3.14. The first-order chi connectivity index (χ1) is 8.95. The number of thiocarbonyl (C=S) groups is 1. The molecule has 0 spiro atoms. The molecule has 0 aliphatic heterocycles. The molecule has 0 bridgehead atoms. The van der Waals surface area contributed by atoms with E-state index in [1.165, 1.54) is 0 Å². The molecular weight excluding hydrogens is 282 g/mol. The largest absolute Gasteiger partial charge is 0.393 e. The summed E-state index contributed by atoms with van der Waals surface area (Å²) in [6.07, 6.45) is 0.444. The monoisotopic (exact) mass is 299 g/mol. The van der Waals surface area contributed by atoms with Gasteiger partial charge in [0, 0.05) is 6.61 Å². The standard InChI is InChI=1S/C13H17NO3S2/c1-2-17-9-13(12(14)18)8-11(13)19(15,16)10-6-4-3-5-7-10/h3-7,11H,2,8-9H2,1H3,(H2,14,18)/t11-,13+/m1/s1. The zero-order valence-electron chi connectivity index (χ0n) is 10.7. The van der Waals surface area contributed by atoms with Crippen LogP contribution in [0.5, 0.6) is 0 Å². The van der Waals surface area contributed by atoms with Crippen molar-refractivity contribution in [2.45, 2.75) is 23.5 Å². The van der Waals surface area contributed by atoms with Crippen molar-refractivity contribution >= 4 is 27.0 Å². The SMILES string of the molecule is CCOC[C@@]1(C(N)=S)C[C@H]1S(=O)(=O)c1ccccc1. The predicted octanol–water partition coefficient (Wildman–Crippen LogP) is 1.54. The summed E-state index contributed by atoms with van der Waals surface area (Å²) >= 11 is 5.04. The fourth-order valence-electron chi connectivity index (χ4n) is 2.22. The number of rotatable bonds is 6. The third-order valence-electron chi connectivity index (χ3n) is 3.51. The van der Waals surface area contributed by atoms with Crippen molar-refractivity contribution in [3.63, 3.8) is 0 Å². The molecule has 4 nitrogen and oxygen atoms in total. The van der Waals surface area contributed by atoms with Gasteiger partial charge in [-0.05, 0) is 25.5 Å². The lowest BCUT2D eigenvalue weighted by molar-refractivity contribution is 0.123. The maximum Gasteiger partial charge on any atom is 0.182 e. The van der Waals surface area contributed by atoms with E-state index in [4.69, 9.17) is 22.7 Å². The quantitative estimate of drug-likeness (QED) is 0.807. The van der Waals surface area contributed by atoms with Gasteiger partial charge >= 0.3 is 0 Å². The van der Waals surface area contributed by atoms with E-state index in [1.54, 1.807) is 30.3 Å². The van der Waals surface area contributed by atoms with Crippen LogP contribution < -0.4 is 5.73 Å². The van der Waals surface area contributed by atoms with Crippen LogP contribution in [0.15, 0.2) is 35.2 Å². The Balaban J connectivity index is 2.27. The molecule has 1 aliphatic rings. The summed E-state index contributed by atoms with van der Waals surface area (Å²) in [4.78, 5) is 0.542. The van der Waals surface area contributed by atoms with Gasteiger partial charge in [0.05, 0.1) is 27.2 Å². The van der Waals surface area contributed by atoms with Gasteiger partial charge in [-0.1, -0.05) is 30.4 Å². The van der Waals surface area contributed by atoms with Crippen LogP contribution in [0, 0.1) is 5.41 Å². The third-order valence-corrected chi connectivity index (χ3v) is 6.21. The number of hydrogen-bond donors (Lipinski definition) is 1. The molecule has 2 rings (SSSR count). The Morgan fingerprint density at radius 1 is 1.47 bits per heavy atom. The summed E-state index contributed by atoms with van der Waals surface area (Å²) in [6, 6.07) is 8.39. The van der Waals surface area contributed by atoms with Crippen molar-refractivity contribution < 1.29 is 13.2 Å². The highest BCUT2D eigenvalue weighted by atomic mass is 32.2. The molecule has 0 unspecified atom stereocenters. The first-order valence-electron chi connectivity index (χ1n) is 6.12. The number of ether oxygens (including phenoxy) is 1. The maximum absolute atomic E-state index is 12.5. The Labute approximate surface area is 118 Å². The molecule has 1 aromatic rings. The highest BCUT2D eigenvalue weighted by Crippen LogP contribution is 2.53. The van der Waals surface area contributed by atoms with E-state index in [-0.39, 0.29) is 11.6 Å². The molecule has 104 valence electrons. The van der Waals surface area contributed by atoms with Crippen LogP contribution in [-0.2, 0) is 14.6 Å². The second kappa shape index (κ2) is 5.19. The number of sulfone groups is 1. The smallest absolute Gasteiger partial charge is 0.182 e. The van der Waals surface area contributed by atoms with Crippen LogP contribution in [0.2, 0.25) is 0 Å². The fraction of sp³-hybridized carbons (Fsp3) is 0.462. The molecule has 2 atom stereocenters. The van der Waals surface area contributed by atoms with Gasteiger partial charge in [-0.2, -0.15) is 0 Å². The molecule has 0 amide bonds. The van der Waals surface area contributed by atoms with Gasteiger partial charge in [0.25, 0.3) is 0 Å². The van der Waals surface area contributed by atoms with Gasteiger partial charge < -0.3 is 10.5 Å². The number of hydrogen-bond acceptors (Lipinski definition) is 4. The lowest BCUT2D eigenvalue weighted by atomic mass is 10.1. The predicted molar refractivity (Wildman–Crippen MR) is 77.7 cm³/mol. The molecule has 1 fully saturated rings. The molecular formula is C13H17NO3S2. The van der Waals surface area contributed by atoms with E-state index in [1.807, 2.05) is 6.92 Å². The van der Waals surface area contributed by atoms with Crippen LogP contribution in [0.3, 0.4) is 0 Å². The van der Waals surface area contributed by atoms with Crippen molar-refractivity contribution in [2.75, 3.05) is 13.2 Å². The highest BCUT2D eigenvalue weighted by Gasteiger charge is 2.63. The average molecular weight is 299 g/mol. The summed E-state index contributed by atoms with van der Waals surface area (Å²) in [5, 5.41) is -0.563. The highest BCUT2D eigenvalue weighted by molar-refractivity contribution is 7.92. The van der Waals surface area contributed by atoms with Gasteiger partial charge in [-0.3, -0.25) is 0 Å². The van der Waals surface area contributed by atoms with Crippen molar-refractivity contribution in [3.8, 4) is 0 Å². The van der Waals surface area contributed by atoms with Crippen molar-refractivity contribution in [3.05, 3.63) is 30.3 Å². The van der Waals surface area contributed by atoms with Gasteiger partial charge in [0.2, 0.25) is 0 Å². The summed E-state index contributed by atoms with van der Waals surface area (Å²) in [7, 11) is -3.40. The Bertz CT molecular complexity index is 571. The maximum atomic E-state index is 12.5. The summed E-state index contributed by atoms with van der Waals surface area (Å²) in [5.41, 5.74) is 5.03. The molecule has 1 aromatic carbocycles. The van der Waals surface area contributed by atoms with Crippen LogP contribution in [0.4, 0.5) is 0 Å². The van der Waals surface area contributed by atoms with E-state index >= 15 is 0 Å². The van der Waals surface area contributed by atoms with Gasteiger partial charge in [-0.15, -0.1) is 0 Å². The normalized spacial score (nSPS) is 26.1. The van der Waals surface area contributed by atoms with Gasteiger partial charge in [0.1, 0.15) is 0 Å². The summed E-state index contributed by atoms with van der Waals surface area (Å²) < 4.78 is 30.4. The fourth-order valence-corrected chi connectivity index (χ4v) is 4.75. The topological polar surface area (TPSA) is 69.4 Å². The van der Waals surface area contributed by atoms with Crippen LogP contribution in [0.25, 0.3) is 0 Å². The van der Waals surface area contributed by atoms with Crippen LogP contribution in [-0.4, -0.2) is 31.9 Å². The zero-order chi connectivity index (χ0) is 14.1. The second-order valence-corrected chi connectivity index (χ2v) is 7.28. The lowest BCUT2D eigenvalue weighted by Crippen LogP contribution is -2.33. The first kappa shape index (κ1) is 14.4. The Morgan fingerprint density at radius 2 is 2.11 bits per heavy atom. The molecule has 0 aromatic heterocycles. The molecule has 0 saturated heterocycles. The zero-order valence-corrected chi connectivity index (χ0v) is 12.3. The van der Waals surface area contributed by atoms with Gasteiger partial charge in [-0.25, -0.2) is 8.42 Å². The first-order valence-corrected chi connectivity index (χ1v) is 8.07. The number of nitrogens with two attached hydrogens (primary N) is 1. The minimum atomic E-state index is -3.40. The van der Waals surface area contributed by atoms with Crippen molar-refractivity contribution in [1.82, 2.24) is 0 Å². The Kier molecular flexibility index (Phi) is 3.94. The molecule has 2 N–H and O–H groups in total. The summed E-state index contributed by atoms with van der Waals surface area (Å²) in [5.74, 6) is 0.